The van der Waals surface area contributed by atoms with E-state index in [-0.39, 0.29) is 6.10 Å². The molecule has 1 fully saturated rings. The van der Waals surface area contributed by atoms with Crippen LogP contribution in [0.3, 0.4) is 0 Å². The zero-order chi connectivity index (χ0) is 13.8. The monoisotopic (exact) mass is 258 g/mol. The topological polar surface area (TPSA) is 87.7 Å². The summed E-state index contributed by atoms with van der Waals surface area (Å²) in [6, 6.07) is -1.29. The molecule has 0 spiro atoms. The predicted octanol–water partition coefficient (Wildman–Crippen LogP) is 1.11. The Hall–Kier alpha value is -1.30. The van der Waals surface area contributed by atoms with Gasteiger partial charge in [0, 0.05) is 6.61 Å². The van der Waals surface area contributed by atoms with E-state index in [4.69, 9.17) is 9.84 Å². The second-order valence-corrected chi connectivity index (χ2v) is 4.96. The minimum Gasteiger partial charge on any atom is -0.480 e. The van der Waals surface area contributed by atoms with Gasteiger partial charge < -0.3 is 20.5 Å². The van der Waals surface area contributed by atoms with Crippen molar-refractivity contribution < 1.29 is 19.4 Å². The average Bonchev–Trinajstić information content (AvgIpc) is 2.58. The summed E-state index contributed by atoms with van der Waals surface area (Å²) in [4.78, 5) is 22.7. The van der Waals surface area contributed by atoms with E-state index in [1.165, 1.54) is 0 Å². The van der Waals surface area contributed by atoms with Gasteiger partial charge in [0.05, 0.1) is 11.6 Å². The Bertz CT molecular complexity index is 321. The second kappa shape index (κ2) is 6.04. The van der Waals surface area contributed by atoms with Crippen molar-refractivity contribution in [2.45, 2.75) is 57.7 Å². The van der Waals surface area contributed by atoms with Crippen LogP contribution in [0.15, 0.2) is 0 Å². The molecule has 2 unspecified atom stereocenters. The number of urea groups is 1. The van der Waals surface area contributed by atoms with Crippen LogP contribution in [0.2, 0.25) is 0 Å². The van der Waals surface area contributed by atoms with Crippen LogP contribution in [0.25, 0.3) is 0 Å². The molecule has 1 heterocycles. The fraction of sp³-hybridized carbons (Fsp3) is 0.833. The molecule has 0 aromatic carbocycles. The number of carboxylic acid groups (broad SMARTS) is 1. The number of rotatable bonds is 5. The molecular formula is C12H22N2O4. The van der Waals surface area contributed by atoms with E-state index in [1.807, 2.05) is 20.8 Å². The van der Waals surface area contributed by atoms with Gasteiger partial charge in [-0.2, -0.15) is 0 Å². The molecule has 1 rings (SSSR count). The summed E-state index contributed by atoms with van der Waals surface area (Å²) >= 11 is 0. The Labute approximate surface area is 107 Å². The van der Waals surface area contributed by atoms with Gasteiger partial charge >= 0.3 is 12.0 Å². The van der Waals surface area contributed by atoms with Crippen molar-refractivity contribution in [3.63, 3.8) is 0 Å². The lowest BCUT2D eigenvalue weighted by atomic mass is 9.95. The average molecular weight is 258 g/mol. The van der Waals surface area contributed by atoms with E-state index in [0.29, 0.717) is 19.4 Å². The lowest BCUT2D eigenvalue weighted by Crippen LogP contribution is -2.56. The highest BCUT2D eigenvalue weighted by Crippen LogP contribution is 2.24. The molecular weight excluding hydrogens is 236 g/mol. The summed E-state index contributed by atoms with van der Waals surface area (Å²) in [6.07, 6.45) is 1.78. The number of carboxylic acids is 1. The molecule has 0 bridgehead atoms. The van der Waals surface area contributed by atoms with Crippen molar-refractivity contribution in [3.05, 3.63) is 0 Å². The molecule has 3 N–H and O–H groups in total. The van der Waals surface area contributed by atoms with Gasteiger partial charge in [0.2, 0.25) is 0 Å². The predicted molar refractivity (Wildman–Crippen MR) is 66.4 cm³/mol. The van der Waals surface area contributed by atoms with Crippen LogP contribution in [0, 0.1) is 0 Å². The quantitative estimate of drug-likeness (QED) is 0.689. The standard InChI is InChI=1S/C12H22N2O4/c1-4-5-9(10(15)16)13-11(17)14-12(3)6-7-18-8(12)2/h8-9H,4-7H2,1-3H3,(H,15,16)(H2,13,14,17)/t8?,9-,12?/m1/s1. The Kier molecular flexibility index (Phi) is 4.95. The first-order valence-corrected chi connectivity index (χ1v) is 6.32. The van der Waals surface area contributed by atoms with Gasteiger partial charge in [-0.15, -0.1) is 0 Å². The number of nitrogens with one attached hydrogen (secondary N) is 2. The summed E-state index contributed by atoms with van der Waals surface area (Å²) in [5, 5.41) is 14.3. The summed E-state index contributed by atoms with van der Waals surface area (Å²) in [6.45, 7) is 6.28. The molecule has 3 atom stereocenters. The zero-order valence-electron chi connectivity index (χ0n) is 11.2. The van der Waals surface area contributed by atoms with Crippen LogP contribution in [0.1, 0.15) is 40.0 Å². The van der Waals surface area contributed by atoms with Gasteiger partial charge in [0.25, 0.3) is 0 Å². The van der Waals surface area contributed by atoms with E-state index >= 15 is 0 Å². The van der Waals surface area contributed by atoms with Crippen LogP contribution in [0.5, 0.6) is 0 Å². The number of ether oxygens (including phenoxy) is 1. The SMILES string of the molecule is CCC[C@@H](NC(=O)NC1(C)CCOC1C)C(=O)O. The molecule has 18 heavy (non-hydrogen) atoms. The van der Waals surface area contributed by atoms with E-state index in [9.17, 15) is 9.59 Å². The molecule has 1 saturated heterocycles. The van der Waals surface area contributed by atoms with Crippen LogP contribution < -0.4 is 10.6 Å². The van der Waals surface area contributed by atoms with Crippen molar-refractivity contribution >= 4 is 12.0 Å². The summed E-state index contributed by atoms with van der Waals surface area (Å²) in [7, 11) is 0. The highest BCUT2D eigenvalue weighted by Gasteiger charge is 2.38. The van der Waals surface area contributed by atoms with Crippen molar-refractivity contribution in [1.82, 2.24) is 10.6 Å². The third kappa shape index (κ3) is 3.60. The number of hydrogen-bond donors (Lipinski definition) is 3. The molecule has 6 heteroatoms. The number of aliphatic carboxylic acids is 1. The number of amides is 2. The van der Waals surface area contributed by atoms with Gasteiger partial charge in [-0.05, 0) is 26.7 Å². The molecule has 0 aromatic rings. The van der Waals surface area contributed by atoms with E-state index in [2.05, 4.69) is 10.6 Å². The number of hydrogen-bond acceptors (Lipinski definition) is 3. The molecule has 1 aliphatic rings. The third-order valence-electron chi connectivity index (χ3n) is 3.47. The lowest BCUT2D eigenvalue weighted by molar-refractivity contribution is -0.139. The van der Waals surface area contributed by atoms with Crippen molar-refractivity contribution in [2.75, 3.05) is 6.61 Å². The van der Waals surface area contributed by atoms with Crippen LogP contribution in [-0.4, -0.2) is 41.4 Å². The normalized spacial score (nSPS) is 28.7. The highest BCUT2D eigenvalue weighted by atomic mass is 16.5. The number of carbonyl (C=O) groups excluding carboxylic acids is 1. The molecule has 1 aliphatic heterocycles. The lowest BCUT2D eigenvalue weighted by Gasteiger charge is -2.29. The minimum absolute atomic E-state index is 0.0716. The molecule has 2 amide bonds. The van der Waals surface area contributed by atoms with Gasteiger partial charge in [0.1, 0.15) is 6.04 Å². The first-order chi connectivity index (χ1) is 8.39. The Balaban J connectivity index is 2.52. The Morgan fingerprint density at radius 1 is 1.56 bits per heavy atom. The van der Waals surface area contributed by atoms with Crippen molar-refractivity contribution in [1.29, 1.82) is 0 Å². The highest BCUT2D eigenvalue weighted by molar-refractivity contribution is 5.82. The second-order valence-electron chi connectivity index (χ2n) is 4.96. The van der Waals surface area contributed by atoms with Crippen molar-refractivity contribution in [3.8, 4) is 0 Å². The van der Waals surface area contributed by atoms with Gasteiger partial charge in [-0.1, -0.05) is 13.3 Å². The fourth-order valence-electron chi connectivity index (χ4n) is 2.00. The molecule has 104 valence electrons. The van der Waals surface area contributed by atoms with E-state index in [1.54, 1.807) is 0 Å². The largest absolute Gasteiger partial charge is 0.480 e. The van der Waals surface area contributed by atoms with Gasteiger partial charge in [-0.25, -0.2) is 9.59 Å². The van der Waals surface area contributed by atoms with Crippen LogP contribution >= 0.6 is 0 Å². The smallest absolute Gasteiger partial charge is 0.326 e. The molecule has 0 aliphatic carbocycles. The Morgan fingerprint density at radius 2 is 2.22 bits per heavy atom. The maximum Gasteiger partial charge on any atom is 0.326 e. The number of carbonyl (C=O) groups is 2. The van der Waals surface area contributed by atoms with E-state index < -0.39 is 23.6 Å². The Morgan fingerprint density at radius 3 is 2.67 bits per heavy atom. The fourth-order valence-corrected chi connectivity index (χ4v) is 2.00. The van der Waals surface area contributed by atoms with Gasteiger partial charge in [0.15, 0.2) is 0 Å². The minimum atomic E-state index is -1.01. The molecule has 0 aromatic heterocycles. The van der Waals surface area contributed by atoms with Crippen LogP contribution in [0.4, 0.5) is 4.79 Å². The summed E-state index contributed by atoms with van der Waals surface area (Å²) < 4.78 is 5.41. The first kappa shape index (κ1) is 14.8. The molecule has 0 saturated carbocycles. The van der Waals surface area contributed by atoms with Gasteiger partial charge in [-0.3, -0.25) is 0 Å². The zero-order valence-corrected chi connectivity index (χ0v) is 11.2. The molecule has 6 nitrogen and oxygen atoms in total. The third-order valence-corrected chi connectivity index (χ3v) is 3.47. The van der Waals surface area contributed by atoms with Crippen molar-refractivity contribution in [2.24, 2.45) is 0 Å². The molecule has 0 radical (unpaired) electrons. The van der Waals surface area contributed by atoms with Crippen LogP contribution in [-0.2, 0) is 9.53 Å². The summed E-state index contributed by atoms with van der Waals surface area (Å²) in [5.74, 6) is -1.01. The summed E-state index contributed by atoms with van der Waals surface area (Å²) in [5.41, 5.74) is -0.431. The maximum atomic E-state index is 11.8. The van der Waals surface area contributed by atoms with E-state index in [0.717, 1.165) is 6.42 Å². The maximum absolute atomic E-state index is 11.8. The first-order valence-electron chi connectivity index (χ1n) is 6.32.